The van der Waals surface area contributed by atoms with Gasteiger partial charge in [0.15, 0.2) is 0 Å². The van der Waals surface area contributed by atoms with Crippen molar-refractivity contribution in [1.82, 2.24) is 9.97 Å². The van der Waals surface area contributed by atoms with E-state index in [1.807, 2.05) is 6.07 Å². The van der Waals surface area contributed by atoms with Crippen molar-refractivity contribution < 1.29 is 0 Å². The van der Waals surface area contributed by atoms with Gasteiger partial charge < -0.3 is 10.6 Å². The average molecular weight is 234 g/mol. The Labute approximate surface area is 103 Å². The molecule has 1 aromatic heterocycles. The highest BCUT2D eigenvalue weighted by Crippen LogP contribution is 2.40. The first-order chi connectivity index (χ1) is 8.22. The van der Waals surface area contributed by atoms with Crippen molar-refractivity contribution >= 4 is 11.8 Å². The van der Waals surface area contributed by atoms with Gasteiger partial charge in [0.2, 0.25) is 5.95 Å². The van der Waals surface area contributed by atoms with Gasteiger partial charge in [0.25, 0.3) is 0 Å². The van der Waals surface area contributed by atoms with Crippen LogP contribution in [0.2, 0.25) is 0 Å². The molecule has 0 spiro atoms. The Balaban J connectivity index is 1.87. The molecule has 1 aliphatic carbocycles. The fraction of sp³-hybridized carbons (Fsp3) is 0.692. The molecular weight excluding hydrogens is 212 g/mol. The molecule has 0 bridgehead atoms. The summed E-state index contributed by atoms with van der Waals surface area (Å²) in [4.78, 5) is 8.63. The summed E-state index contributed by atoms with van der Waals surface area (Å²) in [5, 5.41) is 6.61. The van der Waals surface area contributed by atoms with Crippen LogP contribution in [0, 0.1) is 5.41 Å². The van der Waals surface area contributed by atoms with Crippen LogP contribution in [0.3, 0.4) is 0 Å². The molecule has 1 saturated carbocycles. The molecule has 0 radical (unpaired) electrons. The topological polar surface area (TPSA) is 49.8 Å². The standard InChI is InChI=1S/C13H22N4/c1-3-8-14-12-15-9-5-11(17-12)16-10-13(2)6-4-7-13/h5,9H,3-4,6-8,10H2,1-2H3,(H2,14,15,16,17). The van der Waals surface area contributed by atoms with Gasteiger partial charge in [0, 0.05) is 19.3 Å². The fourth-order valence-electron chi connectivity index (χ4n) is 2.04. The summed E-state index contributed by atoms with van der Waals surface area (Å²) in [7, 11) is 0. The van der Waals surface area contributed by atoms with E-state index in [2.05, 4.69) is 34.4 Å². The zero-order valence-electron chi connectivity index (χ0n) is 10.8. The molecule has 1 aliphatic rings. The second-order valence-corrected chi connectivity index (χ2v) is 5.21. The van der Waals surface area contributed by atoms with E-state index in [0.29, 0.717) is 5.41 Å². The highest BCUT2D eigenvalue weighted by molar-refractivity contribution is 5.39. The predicted octanol–water partition coefficient (Wildman–Crippen LogP) is 2.90. The Morgan fingerprint density at radius 2 is 2.18 bits per heavy atom. The third-order valence-electron chi connectivity index (χ3n) is 3.45. The molecule has 94 valence electrons. The van der Waals surface area contributed by atoms with Gasteiger partial charge in [0.05, 0.1) is 0 Å². The molecule has 0 amide bonds. The summed E-state index contributed by atoms with van der Waals surface area (Å²) in [6, 6.07) is 1.93. The van der Waals surface area contributed by atoms with Gasteiger partial charge >= 0.3 is 0 Å². The molecule has 0 aromatic carbocycles. The van der Waals surface area contributed by atoms with Crippen molar-refractivity contribution in [2.75, 3.05) is 23.7 Å². The quantitative estimate of drug-likeness (QED) is 0.794. The molecule has 0 atom stereocenters. The van der Waals surface area contributed by atoms with Crippen molar-refractivity contribution in [2.24, 2.45) is 5.41 Å². The molecule has 1 heterocycles. The minimum absolute atomic E-state index is 0.474. The maximum Gasteiger partial charge on any atom is 0.224 e. The van der Waals surface area contributed by atoms with Crippen LogP contribution in [0.25, 0.3) is 0 Å². The molecule has 2 N–H and O–H groups in total. The number of nitrogens with one attached hydrogen (secondary N) is 2. The van der Waals surface area contributed by atoms with E-state index >= 15 is 0 Å². The van der Waals surface area contributed by atoms with E-state index in [1.54, 1.807) is 6.20 Å². The fourth-order valence-corrected chi connectivity index (χ4v) is 2.04. The SMILES string of the molecule is CCCNc1nccc(NCC2(C)CCC2)n1. The predicted molar refractivity (Wildman–Crippen MR) is 71.3 cm³/mol. The number of rotatable bonds is 6. The van der Waals surface area contributed by atoms with E-state index < -0.39 is 0 Å². The lowest BCUT2D eigenvalue weighted by Gasteiger charge is -2.38. The van der Waals surface area contributed by atoms with E-state index in [4.69, 9.17) is 0 Å². The molecule has 4 heteroatoms. The first-order valence-electron chi connectivity index (χ1n) is 6.53. The van der Waals surface area contributed by atoms with Crippen molar-refractivity contribution in [3.63, 3.8) is 0 Å². The number of nitrogens with zero attached hydrogens (tertiary/aromatic N) is 2. The summed E-state index contributed by atoms with van der Waals surface area (Å²) < 4.78 is 0. The maximum atomic E-state index is 4.44. The molecule has 0 saturated heterocycles. The third-order valence-corrected chi connectivity index (χ3v) is 3.45. The Bertz CT molecular complexity index is 360. The van der Waals surface area contributed by atoms with Gasteiger partial charge in [-0.25, -0.2) is 4.98 Å². The summed E-state index contributed by atoms with van der Waals surface area (Å²) in [5.74, 6) is 1.64. The Morgan fingerprint density at radius 3 is 2.82 bits per heavy atom. The minimum atomic E-state index is 0.474. The number of aromatic nitrogens is 2. The molecule has 0 unspecified atom stereocenters. The van der Waals surface area contributed by atoms with Crippen LogP contribution >= 0.6 is 0 Å². The van der Waals surface area contributed by atoms with Crippen LogP contribution in [0.5, 0.6) is 0 Å². The van der Waals surface area contributed by atoms with E-state index in [1.165, 1.54) is 19.3 Å². The average Bonchev–Trinajstić information content (AvgIpc) is 2.32. The molecular formula is C13H22N4. The number of anilines is 2. The lowest BCUT2D eigenvalue weighted by molar-refractivity contribution is 0.180. The second kappa shape index (κ2) is 5.34. The molecule has 0 aliphatic heterocycles. The Morgan fingerprint density at radius 1 is 1.35 bits per heavy atom. The largest absolute Gasteiger partial charge is 0.369 e. The van der Waals surface area contributed by atoms with E-state index in [-0.39, 0.29) is 0 Å². The second-order valence-electron chi connectivity index (χ2n) is 5.21. The van der Waals surface area contributed by atoms with Gasteiger partial charge in [-0.05, 0) is 30.7 Å². The van der Waals surface area contributed by atoms with Gasteiger partial charge in [-0.3, -0.25) is 0 Å². The first-order valence-corrected chi connectivity index (χ1v) is 6.53. The lowest BCUT2D eigenvalue weighted by atomic mass is 9.70. The van der Waals surface area contributed by atoms with Gasteiger partial charge in [-0.2, -0.15) is 4.98 Å². The van der Waals surface area contributed by atoms with Gasteiger partial charge in [0.1, 0.15) is 5.82 Å². The highest BCUT2D eigenvalue weighted by Gasteiger charge is 2.31. The normalized spacial score (nSPS) is 17.3. The first kappa shape index (κ1) is 12.1. The van der Waals surface area contributed by atoms with Gasteiger partial charge in [-0.1, -0.05) is 20.3 Å². The highest BCUT2D eigenvalue weighted by atomic mass is 15.1. The number of hydrogen-bond donors (Lipinski definition) is 2. The summed E-state index contributed by atoms with van der Waals surface area (Å²) in [5.41, 5.74) is 0.474. The lowest BCUT2D eigenvalue weighted by Crippen LogP contribution is -2.33. The van der Waals surface area contributed by atoms with Gasteiger partial charge in [-0.15, -0.1) is 0 Å². The van der Waals surface area contributed by atoms with Crippen molar-refractivity contribution in [3.8, 4) is 0 Å². The number of hydrogen-bond acceptors (Lipinski definition) is 4. The summed E-state index contributed by atoms with van der Waals surface area (Å²) in [6.07, 6.45) is 6.90. The summed E-state index contributed by atoms with van der Waals surface area (Å²) in [6.45, 7) is 6.39. The van der Waals surface area contributed by atoms with E-state index in [9.17, 15) is 0 Å². The minimum Gasteiger partial charge on any atom is -0.369 e. The van der Waals surface area contributed by atoms with Crippen LogP contribution in [0.15, 0.2) is 12.3 Å². The zero-order chi connectivity index (χ0) is 12.1. The van der Waals surface area contributed by atoms with Crippen LogP contribution in [0.1, 0.15) is 39.5 Å². The monoisotopic (exact) mass is 234 g/mol. The zero-order valence-corrected chi connectivity index (χ0v) is 10.8. The van der Waals surface area contributed by atoms with Crippen molar-refractivity contribution in [2.45, 2.75) is 39.5 Å². The maximum absolute atomic E-state index is 4.44. The molecule has 1 aromatic rings. The van der Waals surface area contributed by atoms with Crippen LogP contribution in [-0.2, 0) is 0 Å². The summed E-state index contributed by atoms with van der Waals surface area (Å²) >= 11 is 0. The van der Waals surface area contributed by atoms with Crippen LogP contribution in [0.4, 0.5) is 11.8 Å². The van der Waals surface area contributed by atoms with E-state index in [0.717, 1.165) is 31.3 Å². The molecule has 1 fully saturated rings. The Kier molecular flexibility index (Phi) is 3.82. The van der Waals surface area contributed by atoms with Crippen LogP contribution in [-0.4, -0.2) is 23.1 Å². The molecule has 2 rings (SSSR count). The van der Waals surface area contributed by atoms with Crippen molar-refractivity contribution in [3.05, 3.63) is 12.3 Å². The Hall–Kier alpha value is -1.32. The smallest absolute Gasteiger partial charge is 0.224 e. The van der Waals surface area contributed by atoms with Crippen LogP contribution < -0.4 is 10.6 Å². The molecule has 4 nitrogen and oxygen atoms in total. The van der Waals surface area contributed by atoms with Crippen molar-refractivity contribution in [1.29, 1.82) is 0 Å². The molecule has 17 heavy (non-hydrogen) atoms. The third kappa shape index (κ3) is 3.32.